The topological polar surface area (TPSA) is 80.3 Å². The van der Waals surface area contributed by atoms with Crippen molar-refractivity contribution in [1.29, 1.82) is 0 Å². The Morgan fingerprint density at radius 1 is 1.13 bits per heavy atom. The number of amides is 3. The summed E-state index contributed by atoms with van der Waals surface area (Å²) in [5.74, 6) is 1.32. The molecule has 1 spiro atoms. The summed E-state index contributed by atoms with van der Waals surface area (Å²) in [4.78, 5) is 29.8. The highest BCUT2D eigenvalue weighted by Gasteiger charge is 2.49. The smallest absolute Gasteiger partial charge is 0.317 e. The maximum atomic E-state index is 13.4. The minimum atomic E-state index is -0.0428. The summed E-state index contributed by atoms with van der Waals surface area (Å²) in [6, 6.07) is 5.30. The zero-order valence-electron chi connectivity index (χ0n) is 18.5. The summed E-state index contributed by atoms with van der Waals surface area (Å²) in [5, 5.41) is 3.14. The van der Waals surface area contributed by atoms with Gasteiger partial charge in [-0.1, -0.05) is 0 Å². The Kier molecular flexibility index (Phi) is 6.55. The van der Waals surface area contributed by atoms with Crippen LogP contribution < -0.4 is 14.8 Å². The second kappa shape index (κ2) is 9.34. The number of benzene rings is 1. The summed E-state index contributed by atoms with van der Waals surface area (Å²) in [5.41, 5.74) is 0.513. The van der Waals surface area contributed by atoms with Crippen LogP contribution in [0.15, 0.2) is 18.2 Å². The van der Waals surface area contributed by atoms with Gasteiger partial charge in [0, 0.05) is 57.9 Å². The van der Waals surface area contributed by atoms with E-state index in [1.165, 1.54) is 0 Å². The van der Waals surface area contributed by atoms with Crippen LogP contribution in [0.2, 0.25) is 0 Å². The summed E-state index contributed by atoms with van der Waals surface area (Å²) in [6.45, 7) is 4.94. The largest absolute Gasteiger partial charge is 0.497 e. The number of hydrogen-bond donors (Lipinski definition) is 1. The predicted molar refractivity (Wildman–Crippen MR) is 116 cm³/mol. The van der Waals surface area contributed by atoms with Gasteiger partial charge in [0.05, 0.1) is 19.8 Å². The number of ether oxygens (including phenoxy) is 3. The molecule has 0 radical (unpaired) electrons. The van der Waals surface area contributed by atoms with Crippen LogP contribution in [0.4, 0.5) is 4.79 Å². The Morgan fingerprint density at radius 3 is 2.55 bits per heavy atom. The van der Waals surface area contributed by atoms with Crippen LogP contribution in [0.5, 0.6) is 11.5 Å². The molecule has 3 saturated heterocycles. The van der Waals surface area contributed by atoms with E-state index in [2.05, 4.69) is 5.32 Å². The fourth-order valence-electron chi connectivity index (χ4n) is 5.20. The zero-order chi connectivity index (χ0) is 21.8. The first-order valence-electron chi connectivity index (χ1n) is 11.2. The van der Waals surface area contributed by atoms with Crippen molar-refractivity contribution in [2.75, 3.05) is 60.2 Å². The molecule has 8 nitrogen and oxygen atoms in total. The van der Waals surface area contributed by atoms with Gasteiger partial charge in [-0.2, -0.15) is 0 Å². The molecule has 0 saturated carbocycles. The third-order valence-corrected chi connectivity index (χ3v) is 7.12. The van der Waals surface area contributed by atoms with Crippen molar-refractivity contribution in [3.05, 3.63) is 23.8 Å². The highest BCUT2D eigenvalue weighted by atomic mass is 16.5. The Bertz CT molecular complexity index is 802. The molecule has 0 bridgehead atoms. The highest BCUT2D eigenvalue weighted by Crippen LogP contribution is 2.44. The third-order valence-electron chi connectivity index (χ3n) is 7.12. The van der Waals surface area contributed by atoms with Gasteiger partial charge >= 0.3 is 6.03 Å². The van der Waals surface area contributed by atoms with E-state index in [4.69, 9.17) is 14.2 Å². The SMILES string of the molecule is COc1ccc(C(=O)N2CC(CNC(=O)N3CCCC3)C3(CCOCC3)C2)c(OC)c1. The molecule has 1 atom stereocenters. The molecular formula is C23H33N3O5. The quantitative estimate of drug-likeness (QED) is 0.774. The Labute approximate surface area is 183 Å². The van der Waals surface area contributed by atoms with Crippen LogP contribution >= 0.6 is 0 Å². The summed E-state index contributed by atoms with van der Waals surface area (Å²) in [6.07, 6.45) is 3.95. The number of nitrogens with one attached hydrogen (secondary N) is 1. The van der Waals surface area contributed by atoms with Gasteiger partial charge in [0.2, 0.25) is 0 Å². The van der Waals surface area contributed by atoms with Crippen LogP contribution in [0.3, 0.4) is 0 Å². The molecule has 3 aliphatic rings. The maximum Gasteiger partial charge on any atom is 0.317 e. The number of carbonyl (C=O) groups is 2. The van der Waals surface area contributed by atoms with Gasteiger partial charge in [-0.15, -0.1) is 0 Å². The second-order valence-corrected chi connectivity index (χ2v) is 8.80. The van der Waals surface area contributed by atoms with Gasteiger partial charge in [0.15, 0.2) is 0 Å². The molecule has 4 rings (SSSR count). The number of carbonyl (C=O) groups excluding carboxylic acids is 2. The lowest BCUT2D eigenvalue weighted by atomic mass is 9.72. The van der Waals surface area contributed by atoms with Crippen LogP contribution in [0.25, 0.3) is 0 Å². The van der Waals surface area contributed by atoms with Crippen molar-refractivity contribution in [3.63, 3.8) is 0 Å². The average Bonchev–Trinajstić information content (AvgIpc) is 3.46. The number of likely N-dealkylation sites (tertiary alicyclic amines) is 2. The Hall–Kier alpha value is -2.48. The molecule has 8 heteroatoms. The van der Waals surface area contributed by atoms with E-state index < -0.39 is 0 Å². The van der Waals surface area contributed by atoms with Crippen LogP contribution in [0.1, 0.15) is 36.0 Å². The molecule has 170 valence electrons. The van der Waals surface area contributed by atoms with E-state index in [0.29, 0.717) is 49.9 Å². The van der Waals surface area contributed by atoms with Crippen LogP contribution in [-0.2, 0) is 4.74 Å². The highest BCUT2D eigenvalue weighted by molar-refractivity contribution is 5.97. The van der Waals surface area contributed by atoms with E-state index in [9.17, 15) is 9.59 Å². The van der Waals surface area contributed by atoms with E-state index in [1.807, 2.05) is 9.80 Å². The fourth-order valence-corrected chi connectivity index (χ4v) is 5.20. The van der Waals surface area contributed by atoms with Crippen molar-refractivity contribution in [2.24, 2.45) is 11.3 Å². The van der Waals surface area contributed by atoms with Gasteiger partial charge < -0.3 is 29.3 Å². The molecule has 3 heterocycles. The molecule has 3 fully saturated rings. The molecular weight excluding hydrogens is 398 g/mol. The second-order valence-electron chi connectivity index (χ2n) is 8.80. The molecule has 3 aliphatic heterocycles. The molecule has 31 heavy (non-hydrogen) atoms. The number of hydrogen-bond acceptors (Lipinski definition) is 5. The predicted octanol–water partition coefficient (Wildman–Crippen LogP) is 2.38. The third kappa shape index (κ3) is 4.44. The number of nitrogens with zero attached hydrogens (tertiary/aromatic N) is 2. The summed E-state index contributed by atoms with van der Waals surface area (Å²) >= 11 is 0. The molecule has 3 amide bonds. The van der Waals surface area contributed by atoms with E-state index in [0.717, 1.165) is 38.8 Å². The van der Waals surface area contributed by atoms with Gasteiger partial charge in [-0.3, -0.25) is 4.79 Å². The first kappa shape index (κ1) is 21.7. The minimum Gasteiger partial charge on any atom is -0.497 e. The summed E-state index contributed by atoms with van der Waals surface area (Å²) in [7, 11) is 3.15. The van der Waals surface area contributed by atoms with Crippen molar-refractivity contribution in [2.45, 2.75) is 25.7 Å². The van der Waals surface area contributed by atoms with Gasteiger partial charge in [0.25, 0.3) is 5.91 Å². The fraction of sp³-hybridized carbons (Fsp3) is 0.652. The van der Waals surface area contributed by atoms with E-state index in [1.54, 1.807) is 32.4 Å². The Morgan fingerprint density at radius 2 is 1.87 bits per heavy atom. The molecule has 0 aliphatic carbocycles. The number of urea groups is 1. The normalized spacial score (nSPS) is 22.6. The maximum absolute atomic E-state index is 13.4. The summed E-state index contributed by atoms with van der Waals surface area (Å²) < 4.78 is 16.3. The van der Waals surface area contributed by atoms with Crippen LogP contribution in [-0.4, -0.2) is 81.9 Å². The Balaban J connectivity index is 1.49. The zero-order valence-corrected chi connectivity index (χ0v) is 18.5. The molecule has 1 unspecified atom stereocenters. The average molecular weight is 432 g/mol. The van der Waals surface area contributed by atoms with Crippen molar-refractivity contribution in [1.82, 2.24) is 15.1 Å². The number of methoxy groups -OCH3 is 2. The molecule has 1 N–H and O–H groups in total. The lowest BCUT2D eigenvalue weighted by Gasteiger charge is -2.38. The van der Waals surface area contributed by atoms with Crippen molar-refractivity contribution >= 4 is 11.9 Å². The lowest BCUT2D eigenvalue weighted by Crippen LogP contribution is -2.45. The molecule has 0 aromatic heterocycles. The van der Waals surface area contributed by atoms with Crippen LogP contribution in [0, 0.1) is 11.3 Å². The van der Waals surface area contributed by atoms with Crippen molar-refractivity contribution < 1.29 is 23.8 Å². The lowest BCUT2D eigenvalue weighted by molar-refractivity contribution is 0.000265. The van der Waals surface area contributed by atoms with Crippen molar-refractivity contribution in [3.8, 4) is 11.5 Å². The number of rotatable bonds is 5. The van der Waals surface area contributed by atoms with E-state index in [-0.39, 0.29) is 23.3 Å². The standard InChI is InChI=1S/C23H33N3O5/c1-29-18-5-6-19(20(13-18)30-2)21(27)26-15-17(23(16-26)7-11-31-12-8-23)14-24-22(28)25-9-3-4-10-25/h5-6,13,17H,3-4,7-12,14-16H2,1-2H3,(H,24,28). The van der Waals surface area contributed by atoms with Gasteiger partial charge in [-0.25, -0.2) is 4.79 Å². The van der Waals surface area contributed by atoms with E-state index >= 15 is 0 Å². The first-order valence-corrected chi connectivity index (χ1v) is 11.2. The molecule has 1 aromatic rings. The molecule has 1 aromatic carbocycles. The minimum absolute atomic E-state index is 0.0151. The monoisotopic (exact) mass is 431 g/mol. The first-order chi connectivity index (χ1) is 15.1. The van der Waals surface area contributed by atoms with Gasteiger partial charge in [0.1, 0.15) is 11.5 Å². The van der Waals surface area contributed by atoms with Gasteiger partial charge in [-0.05, 0) is 43.2 Å².